The molecule has 0 saturated heterocycles. The third-order valence-corrected chi connectivity index (χ3v) is 12.9. The minimum absolute atomic E-state index is 0.228. The van der Waals surface area contributed by atoms with Gasteiger partial charge in [0.25, 0.3) is 0 Å². The second kappa shape index (κ2) is 18.6. The zero-order valence-corrected chi connectivity index (χ0v) is 37.7. The summed E-state index contributed by atoms with van der Waals surface area (Å²) >= 11 is 0. The summed E-state index contributed by atoms with van der Waals surface area (Å²) in [7, 11) is -7.91. The van der Waals surface area contributed by atoms with Crippen LogP contribution in [-0.2, 0) is 31.6 Å². The molecule has 7 rings (SSSR count). The molecule has 0 atom stereocenters. The van der Waals surface area contributed by atoms with Crippen LogP contribution in [0.25, 0.3) is 21.5 Å². The summed E-state index contributed by atoms with van der Waals surface area (Å²) < 4.78 is 64.7. The predicted molar refractivity (Wildman–Crippen MR) is 245 cm³/mol. The molecule has 0 amide bonds. The van der Waals surface area contributed by atoms with Crippen LogP contribution in [0.3, 0.4) is 0 Å². The SMILES string of the molecule is C=C[N+]1=C(C=CC2=C(C)C(=CC=C3N(C(=C)S(=O)(=O)[O-])c4ccc5ccccc5c4C3(C)C)CCC2)C(C)(C)c2c1ccc1ccccc21.CCN(CC)CC.O=S(=O)=O. The molecule has 2 heterocycles. The molecule has 0 bridgehead atoms. The monoisotopic (exact) mass is 847 g/mol. The van der Waals surface area contributed by atoms with Crippen molar-refractivity contribution in [3.8, 4) is 0 Å². The minimum atomic E-state index is -4.80. The topological polar surface area (TPSA) is 118 Å². The predicted octanol–water partition coefficient (Wildman–Crippen LogP) is 10.5. The lowest BCUT2D eigenvalue weighted by Gasteiger charge is -2.29. The molecule has 4 aromatic rings. The number of anilines is 1. The second-order valence-electron chi connectivity index (χ2n) is 16.1. The van der Waals surface area contributed by atoms with Gasteiger partial charge < -0.3 is 14.4 Å². The van der Waals surface area contributed by atoms with Gasteiger partial charge in [-0.1, -0.05) is 108 Å². The van der Waals surface area contributed by atoms with E-state index in [2.05, 4.69) is 139 Å². The fourth-order valence-corrected chi connectivity index (χ4v) is 9.38. The first kappa shape index (κ1) is 45.9. The summed E-state index contributed by atoms with van der Waals surface area (Å²) in [6, 6.07) is 24.9. The minimum Gasteiger partial charge on any atom is -0.743 e. The molecular weight excluding hydrogens is 791 g/mol. The highest BCUT2D eigenvalue weighted by molar-refractivity contribution is 7.89. The van der Waals surface area contributed by atoms with Crippen molar-refractivity contribution in [1.82, 2.24) is 4.90 Å². The Kier molecular flexibility index (Phi) is 14.2. The van der Waals surface area contributed by atoms with Gasteiger partial charge >= 0.3 is 10.6 Å². The van der Waals surface area contributed by atoms with Crippen molar-refractivity contribution in [2.24, 2.45) is 0 Å². The van der Waals surface area contributed by atoms with Crippen LogP contribution in [0.1, 0.15) is 85.8 Å². The standard InChI is InChI=1S/C43H42N2O3S.C6H15N.O3S/c1-8-44-36-24-20-32-14-9-11-18-34(32)40(36)42(4,5)38(44)26-22-30-16-13-17-31(28(30)2)23-27-39-43(6,7)41-35-19-12-10-15-33(35)21-25-37(41)45(39)29(3)49(46,47)48;1-4-7(5-2)6-3;1-4(2)3/h8-12,14-15,18-27H,1,3,13,16-17H2,2,4-7H3;4-6H2,1-3H3;. The van der Waals surface area contributed by atoms with Crippen LogP contribution < -0.4 is 4.90 Å². The average Bonchev–Trinajstić information content (AvgIpc) is 3.58. The molecule has 0 spiro atoms. The summed E-state index contributed by atoms with van der Waals surface area (Å²) in [5, 5.41) is 4.12. The molecule has 0 fully saturated rings. The van der Waals surface area contributed by atoms with Crippen LogP contribution in [0.5, 0.6) is 0 Å². The van der Waals surface area contributed by atoms with Crippen molar-refractivity contribution in [1.29, 1.82) is 0 Å². The van der Waals surface area contributed by atoms with E-state index in [0.717, 1.165) is 35.6 Å². The van der Waals surface area contributed by atoms with E-state index in [4.69, 9.17) is 12.6 Å². The largest absolute Gasteiger partial charge is 0.743 e. The molecule has 3 aliphatic rings. The second-order valence-corrected chi connectivity index (χ2v) is 17.9. The number of rotatable bonds is 9. The number of hydrogen-bond acceptors (Lipinski definition) is 8. The maximum atomic E-state index is 12.4. The van der Waals surface area contributed by atoms with Crippen LogP contribution in [0, 0.1) is 0 Å². The third kappa shape index (κ3) is 9.10. The van der Waals surface area contributed by atoms with E-state index in [1.165, 1.54) is 64.1 Å². The fraction of sp³-hybridized carbons (Fsp3) is 0.327. The van der Waals surface area contributed by atoms with Crippen molar-refractivity contribution >= 4 is 59.4 Å². The number of hydrogen-bond donors (Lipinski definition) is 0. The maximum absolute atomic E-state index is 12.4. The average molecular weight is 848 g/mol. The van der Waals surface area contributed by atoms with Gasteiger partial charge in [-0.3, -0.25) is 0 Å². The summed E-state index contributed by atoms with van der Waals surface area (Å²) in [6.07, 6.45) is 13.4. The Morgan fingerprint density at radius 2 is 1.37 bits per heavy atom. The molecule has 0 N–H and O–H groups in total. The molecule has 0 saturated carbocycles. The quantitative estimate of drug-likeness (QED) is 0.121. The number of benzene rings is 4. The highest BCUT2D eigenvalue weighted by Gasteiger charge is 2.45. The van der Waals surface area contributed by atoms with Gasteiger partial charge in [0, 0.05) is 28.8 Å². The third-order valence-electron chi connectivity index (χ3n) is 12.1. The molecule has 4 aromatic carbocycles. The van der Waals surface area contributed by atoms with Crippen molar-refractivity contribution in [2.45, 2.75) is 85.5 Å². The highest BCUT2D eigenvalue weighted by Crippen LogP contribution is 2.53. The fourth-order valence-electron chi connectivity index (χ4n) is 8.96. The molecular formula is C49H57N3O6S2. The Balaban J connectivity index is 0.000000551. The highest BCUT2D eigenvalue weighted by atomic mass is 32.2. The van der Waals surface area contributed by atoms with E-state index in [1.807, 2.05) is 42.6 Å². The smallest absolute Gasteiger partial charge is 0.425 e. The molecule has 316 valence electrons. The van der Waals surface area contributed by atoms with Gasteiger partial charge in [0.15, 0.2) is 11.9 Å². The van der Waals surface area contributed by atoms with Crippen LogP contribution in [-0.4, -0.2) is 60.4 Å². The van der Waals surface area contributed by atoms with E-state index in [1.54, 1.807) is 4.90 Å². The molecule has 1 aliphatic carbocycles. The first-order valence-corrected chi connectivity index (χ1v) is 22.8. The maximum Gasteiger partial charge on any atom is 0.425 e. The molecule has 0 aromatic heterocycles. The van der Waals surface area contributed by atoms with Crippen molar-refractivity contribution in [3.05, 3.63) is 155 Å². The van der Waals surface area contributed by atoms with Crippen LogP contribution in [0.4, 0.5) is 11.4 Å². The van der Waals surface area contributed by atoms with Crippen molar-refractivity contribution in [2.75, 3.05) is 24.5 Å². The summed E-state index contributed by atoms with van der Waals surface area (Å²) in [5.74, 6) is 0. The van der Waals surface area contributed by atoms with Crippen LogP contribution in [0.2, 0.25) is 0 Å². The lowest BCUT2D eigenvalue weighted by atomic mass is 9.78. The summed E-state index contributed by atoms with van der Waals surface area (Å²) in [6.45, 7) is 29.0. The summed E-state index contributed by atoms with van der Waals surface area (Å²) in [4.78, 5) is 3.92. The zero-order chi connectivity index (χ0) is 44.2. The lowest BCUT2D eigenvalue weighted by molar-refractivity contribution is -0.355. The Labute approximate surface area is 357 Å². The lowest BCUT2D eigenvalue weighted by Crippen LogP contribution is -2.28. The Morgan fingerprint density at radius 1 is 0.817 bits per heavy atom. The van der Waals surface area contributed by atoms with E-state index in [-0.39, 0.29) is 5.41 Å². The first-order valence-electron chi connectivity index (χ1n) is 20.4. The summed E-state index contributed by atoms with van der Waals surface area (Å²) in [5.41, 5.74) is 8.88. The molecule has 0 radical (unpaired) electrons. The Bertz CT molecular complexity index is 2720. The van der Waals surface area contributed by atoms with E-state index >= 15 is 0 Å². The van der Waals surface area contributed by atoms with Crippen molar-refractivity contribution < 1.29 is 30.2 Å². The molecule has 0 unspecified atom stereocenters. The molecule has 2 aliphatic heterocycles. The van der Waals surface area contributed by atoms with Gasteiger partial charge in [0.2, 0.25) is 5.69 Å². The Hall–Kier alpha value is -5.20. The van der Waals surface area contributed by atoms with Gasteiger partial charge in [-0.05, 0) is 128 Å². The van der Waals surface area contributed by atoms with Gasteiger partial charge in [0.05, 0.1) is 11.1 Å². The van der Waals surface area contributed by atoms with E-state index < -0.39 is 31.2 Å². The van der Waals surface area contributed by atoms with Crippen molar-refractivity contribution in [3.63, 3.8) is 0 Å². The molecule has 9 nitrogen and oxygen atoms in total. The van der Waals surface area contributed by atoms with Gasteiger partial charge in [-0.2, -0.15) is 4.58 Å². The van der Waals surface area contributed by atoms with Gasteiger partial charge in [-0.25, -0.2) is 8.42 Å². The zero-order valence-electron chi connectivity index (χ0n) is 36.1. The van der Waals surface area contributed by atoms with Crippen LogP contribution >= 0.6 is 0 Å². The van der Waals surface area contributed by atoms with Gasteiger partial charge in [0.1, 0.15) is 15.1 Å². The van der Waals surface area contributed by atoms with Gasteiger partial charge in [-0.15, -0.1) is 12.6 Å². The first-order chi connectivity index (χ1) is 28.3. The molecule has 60 heavy (non-hydrogen) atoms. The van der Waals surface area contributed by atoms with Crippen LogP contribution in [0.15, 0.2) is 144 Å². The van der Waals surface area contributed by atoms with E-state index in [0.29, 0.717) is 11.4 Å². The molecule has 11 heteroatoms. The normalized spacial score (nSPS) is 18.1. The number of allylic oxidation sites excluding steroid dienone is 8. The number of nitrogens with zero attached hydrogens (tertiary/aromatic N) is 3. The van der Waals surface area contributed by atoms with E-state index in [9.17, 15) is 13.0 Å². The number of fused-ring (bicyclic) bond motifs is 6. The Morgan fingerprint density at radius 3 is 1.90 bits per heavy atom.